The molecule has 24 heavy (non-hydrogen) atoms. The average molecular weight is 368 g/mol. The van der Waals surface area contributed by atoms with Gasteiger partial charge in [-0.2, -0.15) is 0 Å². The van der Waals surface area contributed by atoms with Crippen LogP contribution in [0.3, 0.4) is 0 Å². The van der Waals surface area contributed by atoms with Gasteiger partial charge in [-0.25, -0.2) is 4.39 Å². The zero-order valence-corrected chi connectivity index (χ0v) is 14.2. The highest BCUT2D eigenvalue weighted by molar-refractivity contribution is 8.00. The highest BCUT2D eigenvalue weighted by atomic mass is 35.5. The third-order valence-corrected chi connectivity index (χ3v) is 4.18. The number of rotatable bonds is 7. The van der Waals surface area contributed by atoms with Crippen LogP contribution in [0, 0.1) is 5.82 Å². The van der Waals surface area contributed by atoms with E-state index in [0.29, 0.717) is 16.5 Å². The van der Waals surface area contributed by atoms with Gasteiger partial charge in [0, 0.05) is 16.5 Å². The van der Waals surface area contributed by atoms with E-state index in [9.17, 15) is 14.0 Å². The molecule has 0 radical (unpaired) electrons. The van der Waals surface area contributed by atoms with Crippen LogP contribution in [0.2, 0.25) is 5.02 Å². The molecule has 0 saturated carbocycles. The van der Waals surface area contributed by atoms with Crippen molar-refractivity contribution in [3.63, 3.8) is 0 Å². The van der Waals surface area contributed by atoms with Gasteiger partial charge in [0.15, 0.2) is 6.61 Å². The lowest BCUT2D eigenvalue weighted by Gasteiger charge is -2.07. The summed E-state index contributed by atoms with van der Waals surface area (Å²) < 4.78 is 18.3. The number of benzene rings is 2. The monoisotopic (exact) mass is 367 g/mol. The Labute approximate surface area is 148 Å². The standard InChI is InChI=1S/C17H15ClFNO3S/c18-13-5-3-4-12(8-13)9-20-16(21)10-23-17(22)11-24-15-7-2-1-6-14(15)19/h1-8H,9-11H2,(H,20,21). The Hall–Kier alpha value is -2.05. The SMILES string of the molecule is O=C(COC(=O)CSc1ccccc1F)NCc1cccc(Cl)c1. The number of thioether (sulfide) groups is 1. The van der Waals surface area contributed by atoms with E-state index in [0.717, 1.165) is 17.3 Å². The number of carbonyl (C=O) groups excluding carboxylic acids is 2. The first-order valence-electron chi connectivity index (χ1n) is 7.08. The molecule has 7 heteroatoms. The van der Waals surface area contributed by atoms with Gasteiger partial charge in [-0.05, 0) is 29.8 Å². The van der Waals surface area contributed by atoms with Crippen molar-refractivity contribution in [3.8, 4) is 0 Å². The average Bonchev–Trinajstić information content (AvgIpc) is 2.57. The molecule has 4 nitrogen and oxygen atoms in total. The molecule has 0 heterocycles. The van der Waals surface area contributed by atoms with E-state index in [-0.39, 0.29) is 12.4 Å². The van der Waals surface area contributed by atoms with Crippen molar-refractivity contribution in [2.24, 2.45) is 0 Å². The predicted molar refractivity (Wildman–Crippen MR) is 91.4 cm³/mol. The van der Waals surface area contributed by atoms with Crippen molar-refractivity contribution < 1.29 is 18.7 Å². The van der Waals surface area contributed by atoms with Crippen molar-refractivity contribution in [3.05, 3.63) is 64.9 Å². The van der Waals surface area contributed by atoms with Crippen LogP contribution in [-0.2, 0) is 20.9 Å². The van der Waals surface area contributed by atoms with Gasteiger partial charge in [0.25, 0.3) is 5.91 Å². The van der Waals surface area contributed by atoms with Crippen LogP contribution in [0.25, 0.3) is 0 Å². The van der Waals surface area contributed by atoms with Gasteiger partial charge < -0.3 is 10.1 Å². The third-order valence-electron chi connectivity index (χ3n) is 2.93. The maximum Gasteiger partial charge on any atom is 0.316 e. The van der Waals surface area contributed by atoms with Crippen molar-refractivity contribution in [2.75, 3.05) is 12.4 Å². The van der Waals surface area contributed by atoms with Crippen LogP contribution in [0.5, 0.6) is 0 Å². The summed E-state index contributed by atoms with van der Waals surface area (Å²) in [6, 6.07) is 13.2. The maximum absolute atomic E-state index is 13.4. The lowest BCUT2D eigenvalue weighted by Crippen LogP contribution is -2.28. The molecule has 0 atom stereocenters. The van der Waals surface area contributed by atoms with E-state index >= 15 is 0 Å². The number of amides is 1. The summed E-state index contributed by atoms with van der Waals surface area (Å²) in [5, 5.41) is 3.20. The molecule has 0 aliphatic heterocycles. The minimum absolute atomic E-state index is 0.0670. The van der Waals surface area contributed by atoms with Crippen LogP contribution >= 0.6 is 23.4 Å². The highest BCUT2D eigenvalue weighted by Crippen LogP contribution is 2.21. The molecule has 0 fully saturated rings. The second-order valence-electron chi connectivity index (χ2n) is 4.79. The number of nitrogens with one attached hydrogen (secondary N) is 1. The van der Waals surface area contributed by atoms with E-state index in [4.69, 9.17) is 16.3 Å². The number of halogens is 2. The molecule has 1 N–H and O–H groups in total. The summed E-state index contributed by atoms with van der Waals surface area (Å²) in [5.74, 6) is -1.46. The summed E-state index contributed by atoms with van der Waals surface area (Å²) >= 11 is 6.87. The fourth-order valence-electron chi connectivity index (χ4n) is 1.78. The molecular formula is C17H15ClFNO3S. The van der Waals surface area contributed by atoms with Crippen LogP contribution in [0.1, 0.15) is 5.56 Å². The molecule has 1 amide bonds. The molecule has 0 bridgehead atoms. The Balaban J connectivity index is 1.68. The van der Waals surface area contributed by atoms with Crippen molar-refractivity contribution in [1.82, 2.24) is 5.32 Å². The predicted octanol–water partition coefficient (Wildman–Crippen LogP) is 3.43. The van der Waals surface area contributed by atoms with Gasteiger partial charge in [0.1, 0.15) is 5.82 Å². The number of esters is 1. The first-order chi connectivity index (χ1) is 11.5. The molecule has 126 valence electrons. The Morgan fingerprint density at radius 2 is 1.96 bits per heavy atom. The van der Waals surface area contributed by atoms with Gasteiger partial charge in [0.05, 0.1) is 5.75 Å². The molecule has 0 aromatic heterocycles. The number of hydrogen-bond acceptors (Lipinski definition) is 4. The molecule has 0 aliphatic rings. The summed E-state index contributed by atoms with van der Waals surface area (Å²) in [4.78, 5) is 23.6. The van der Waals surface area contributed by atoms with Gasteiger partial charge >= 0.3 is 5.97 Å². The Bertz CT molecular complexity index is 726. The second kappa shape index (κ2) is 9.30. The van der Waals surface area contributed by atoms with Gasteiger partial charge in [-0.1, -0.05) is 35.9 Å². The Morgan fingerprint density at radius 1 is 1.17 bits per heavy atom. The first-order valence-corrected chi connectivity index (χ1v) is 8.45. The molecule has 0 spiro atoms. The van der Waals surface area contributed by atoms with Crippen molar-refractivity contribution >= 4 is 35.2 Å². The largest absolute Gasteiger partial charge is 0.455 e. The fourth-order valence-corrected chi connectivity index (χ4v) is 2.74. The number of carbonyl (C=O) groups is 2. The van der Waals surface area contributed by atoms with Gasteiger partial charge in [-0.15, -0.1) is 11.8 Å². The normalized spacial score (nSPS) is 10.2. The summed E-state index contributed by atoms with van der Waals surface area (Å²) in [6.45, 7) is -0.0852. The van der Waals surface area contributed by atoms with E-state index < -0.39 is 17.7 Å². The molecule has 0 unspecified atom stereocenters. The highest BCUT2D eigenvalue weighted by Gasteiger charge is 2.10. The van der Waals surface area contributed by atoms with E-state index in [1.807, 2.05) is 6.07 Å². The minimum Gasteiger partial charge on any atom is -0.455 e. The number of hydrogen-bond donors (Lipinski definition) is 1. The summed E-state index contributed by atoms with van der Waals surface area (Å²) in [7, 11) is 0. The Kier molecular flexibility index (Phi) is 7.08. The molecule has 2 rings (SSSR count). The van der Waals surface area contributed by atoms with Gasteiger partial charge in [0.2, 0.25) is 0 Å². The zero-order chi connectivity index (χ0) is 17.4. The van der Waals surface area contributed by atoms with Crippen LogP contribution < -0.4 is 5.32 Å². The van der Waals surface area contributed by atoms with Crippen LogP contribution in [0.15, 0.2) is 53.4 Å². The molecular weight excluding hydrogens is 353 g/mol. The Morgan fingerprint density at radius 3 is 2.71 bits per heavy atom. The third kappa shape index (κ3) is 6.22. The van der Waals surface area contributed by atoms with E-state index in [1.165, 1.54) is 6.07 Å². The maximum atomic E-state index is 13.4. The van der Waals surface area contributed by atoms with Gasteiger partial charge in [-0.3, -0.25) is 9.59 Å². The zero-order valence-electron chi connectivity index (χ0n) is 12.6. The fraction of sp³-hybridized carbons (Fsp3) is 0.176. The minimum atomic E-state index is -0.582. The van der Waals surface area contributed by atoms with Crippen LogP contribution in [0.4, 0.5) is 4.39 Å². The molecule has 2 aromatic carbocycles. The lowest BCUT2D eigenvalue weighted by atomic mass is 10.2. The van der Waals surface area contributed by atoms with Crippen molar-refractivity contribution in [2.45, 2.75) is 11.4 Å². The van der Waals surface area contributed by atoms with E-state index in [1.54, 1.807) is 36.4 Å². The first kappa shape index (κ1) is 18.3. The molecule has 0 saturated heterocycles. The topological polar surface area (TPSA) is 55.4 Å². The van der Waals surface area contributed by atoms with Crippen molar-refractivity contribution in [1.29, 1.82) is 0 Å². The van der Waals surface area contributed by atoms with E-state index in [2.05, 4.69) is 5.32 Å². The van der Waals surface area contributed by atoms with Crippen LogP contribution in [-0.4, -0.2) is 24.2 Å². The quantitative estimate of drug-likeness (QED) is 0.601. The second-order valence-corrected chi connectivity index (χ2v) is 6.24. The summed E-state index contributed by atoms with van der Waals surface area (Å²) in [5.41, 5.74) is 0.845. The number of ether oxygens (including phenoxy) is 1. The lowest BCUT2D eigenvalue weighted by molar-refractivity contribution is -0.145. The molecule has 2 aromatic rings. The summed E-state index contributed by atoms with van der Waals surface area (Å²) in [6.07, 6.45) is 0. The molecule has 0 aliphatic carbocycles. The smallest absolute Gasteiger partial charge is 0.316 e.